The molecule has 0 aliphatic carbocycles. The number of allylic oxidation sites excluding steroid dienone is 2. The maximum absolute atomic E-state index is 12.1. The van der Waals surface area contributed by atoms with Crippen molar-refractivity contribution in [3.63, 3.8) is 0 Å². The number of non-ortho nitro benzene ring substituents is 1. The van der Waals surface area contributed by atoms with Gasteiger partial charge in [0.2, 0.25) is 0 Å². The molecule has 0 bridgehead atoms. The number of benzene rings is 1. The molecule has 1 atom stereocenters. The van der Waals surface area contributed by atoms with Gasteiger partial charge in [-0.25, -0.2) is 4.79 Å². The molecule has 0 N–H and O–H groups in total. The lowest BCUT2D eigenvalue weighted by Gasteiger charge is -2.23. The molecule has 0 heterocycles. The highest BCUT2D eigenvalue weighted by molar-refractivity contribution is 5.90. The smallest absolute Gasteiger partial charge is 0.339 e. The Labute approximate surface area is 130 Å². The maximum Gasteiger partial charge on any atom is 0.339 e. The van der Waals surface area contributed by atoms with E-state index in [1.54, 1.807) is 6.92 Å². The quantitative estimate of drug-likeness (QED) is 0.263. The van der Waals surface area contributed by atoms with Crippen LogP contribution in [0.4, 0.5) is 5.69 Å². The highest BCUT2D eigenvalue weighted by atomic mass is 16.6. The summed E-state index contributed by atoms with van der Waals surface area (Å²) in [6.07, 6.45) is 8.71. The summed E-state index contributed by atoms with van der Waals surface area (Å²) in [7, 11) is 0. The Bertz CT molecular complexity index is 621. The summed E-state index contributed by atoms with van der Waals surface area (Å²) in [6, 6.07) is 5.22. The number of nitro benzene ring substituents is 1. The average molecular weight is 301 g/mol. The van der Waals surface area contributed by atoms with Gasteiger partial charge in [-0.2, -0.15) is 0 Å². The van der Waals surface area contributed by atoms with E-state index in [4.69, 9.17) is 11.2 Å². The van der Waals surface area contributed by atoms with Crippen molar-refractivity contribution in [3.8, 4) is 12.3 Å². The summed E-state index contributed by atoms with van der Waals surface area (Å²) < 4.78 is 5.38. The molecule has 0 saturated heterocycles. The fourth-order valence-electron chi connectivity index (χ4n) is 1.77. The van der Waals surface area contributed by atoms with Crippen molar-refractivity contribution in [3.05, 3.63) is 51.6 Å². The molecule has 1 unspecified atom stereocenters. The van der Waals surface area contributed by atoms with Crippen LogP contribution in [0, 0.1) is 22.5 Å². The van der Waals surface area contributed by atoms with E-state index in [0.29, 0.717) is 12.8 Å². The lowest BCUT2D eigenvalue weighted by atomic mass is 10.00. The summed E-state index contributed by atoms with van der Waals surface area (Å²) in [5.74, 6) is 1.91. The molecule has 116 valence electrons. The lowest BCUT2D eigenvalue weighted by molar-refractivity contribution is -0.384. The monoisotopic (exact) mass is 301 g/mol. The third-order valence-electron chi connectivity index (χ3n) is 3.11. The molecule has 1 aromatic carbocycles. The Morgan fingerprint density at radius 1 is 1.41 bits per heavy atom. The Morgan fingerprint density at radius 3 is 2.45 bits per heavy atom. The summed E-state index contributed by atoms with van der Waals surface area (Å²) in [4.78, 5) is 22.2. The van der Waals surface area contributed by atoms with E-state index in [0.717, 1.165) is 0 Å². The van der Waals surface area contributed by atoms with Crippen LogP contribution in [0.15, 0.2) is 35.9 Å². The van der Waals surface area contributed by atoms with E-state index < -0.39 is 16.5 Å². The highest BCUT2D eigenvalue weighted by Gasteiger charge is 2.26. The van der Waals surface area contributed by atoms with E-state index in [9.17, 15) is 14.9 Å². The van der Waals surface area contributed by atoms with E-state index in [-0.39, 0.29) is 11.3 Å². The largest absolute Gasteiger partial charge is 0.443 e. The molecule has 0 spiro atoms. The molecule has 0 aromatic heterocycles. The zero-order valence-corrected chi connectivity index (χ0v) is 13.0. The van der Waals surface area contributed by atoms with Gasteiger partial charge >= 0.3 is 5.97 Å². The van der Waals surface area contributed by atoms with E-state index >= 15 is 0 Å². The Balaban J connectivity index is 2.78. The molecule has 0 aliphatic rings. The van der Waals surface area contributed by atoms with Gasteiger partial charge in [-0.05, 0) is 39.3 Å². The third-order valence-corrected chi connectivity index (χ3v) is 3.11. The molecule has 0 saturated carbocycles. The molecular formula is C17H19NO4. The number of hydrogen-bond donors (Lipinski definition) is 0. The van der Waals surface area contributed by atoms with Crippen LogP contribution in [0.3, 0.4) is 0 Å². The molecule has 5 nitrogen and oxygen atoms in total. The Kier molecular flexibility index (Phi) is 5.88. The molecule has 1 rings (SSSR count). The second-order valence-electron chi connectivity index (χ2n) is 5.39. The topological polar surface area (TPSA) is 69.4 Å². The molecule has 0 radical (unpaired) electrons. The first-order valence-corrected chi connectivity index (χ1v) is 6.86. The van der Waals surface area contributed by atoms with E-state index in [1.165, 1.54) is 29.8 Å². The first-order chi connectivity index (χ1) is 10.3. The number of terminal acetylenes is 1. The standard InChI is InChI=1S/C17H19NO4/c1-5-17(4,12-6-7-13(2)3)22-16(19)14-8-10-15(11-9-14)18(20)21/h1,7-11H,6,12H2,2-4H3. The van der Waals surface area contributed by atoms with Gasteiger partial charge in [0.1, 0.15) is 0 Å². The number of esters is 1. The first kappa shape index (κ1) is 17.4. The van der Waals surface area contributed by atoms with Crippen molar-refractivity contribution in [1.29, 1.82) is 0 Å². The van der Waals surface area contributed by atoms with Crippen LogP contribution in [0.25, 0.3) is 0 Å². The highest BCUT2D eigenvalue weighted by Crippen LogP contribution is 2.21. The lowest BCUT2D eigenvalue weighted by Crippen LogP contribution is -2.29. The van der Waals surface area contributed by atoms with Gasteiger partial charge in [0.15, 0.2) is 5.60 Å². The number of hydrogen-bond acceptors (Lipinski definition) is 4. The number of nitro groups is 1. The van der Waals surface area contributed by atoms with Crippen LogP contribution in [-0.2, 0) is 4.74 Å². The van der Waals surface area contributed by atoms with Crippen LogP contribution in [0.5, 0.6) is 0 Å². The van der Waals surface area contributed by atoms with Crippen molar-refractivity contribution < 1.29 is 14.5 Å². The van der Waals surface area contributed by atoms with Gasteiger partial charge in [0, 0.05) is 18.6 Å². The summed E-state index contributed by atoms with van der Waals surface area (Å²) in [5, 5.41) is 10.6. The Morgan fingerprint density at radius 2 is 2.00 bits per heavy atom. The van der Waals surface area contributed by atoms with E-state index in [2.05, 4.69) is 5.92 Å². The van der Waals surface area contributed by atoms with E-state index in [1.807, 2.05) is 19.9 Å². The van der Waals surface area contributed by atoms with Gasteiger partial charge in [-0.1, -0.05) is 17.6 Å². The van der Waals surface area contributed by atoms with Crippen LogP contribution in [-0.4, -0.2) is 16.5 Å². The van der Waals surface area contributed by atoms with Crippen molar-refractivity contribution in [2.24, 2.45) is 0 Å². The Hall–Kier alpha value is -2.61. The zero-order chi connectivity index (χ0) is 16.8. The summed E-state index contributed by atoms with van der Waals surface area (Å²) in [5.41, 5.74) is 0.306. The average Bonchev–Trinajstić information content (AvgIpc) is 2.46. The predicted molar refractivity (Wildman–Crippen MR) is 84.4 cm³/mol. The second kappa shape index (κ2) is 7.41. The van der Waals surface area contributed by atoms with Crippen LogP contribution in [0.2, 0.25) is 0 Å². The van der Waals surface area contributed by atoms with Crippen LogP contribution >= 0.6 is 0 Å². The molecule has 22 heavy (non-hydrogen) atoms. The number of ether oxygens (including phenoxy) is 1. The van der Waals surface area contributed by atoms with Gasteiger partial charge < -0.3 is 4.74 Å². The minimum absolute atomic E-state index is 0.0835. The van der Waals surface area contributed by atoms with Crippen molar-refractivity contribution in [2.45, 2.75) is 39.2 Å². The molecule has 0 aliphatic heterocycles. The summed E-state index contributed by atoms with van der Waals surface area (Å²) >= 11 is 0. The fourth-order valence-corrected chi connectivity index (χ4v) is 1.77. The second-order valence-corrected chi connectivity index (χ2v) is 5.39. The number of carbonyl (C=O) groups excluding carboxylic acids is 1. The molecule has 0 amide bonds. The molecular weight excluding hydrogens is 282 g/mol. The molecule has 5 heteroatoms. The van der Waals surface area contributed by atoms with Gasteiger partial charge in [-0.15, -0.1) is 6.42 Å². The van der Waals surface area contributed by atoms with Crippen molar-refractivity contribution >= 4 is 11.7 Å². The predicted octanol–water partition coefficient (Wildman–Crippen LogP) is 3.89. The minimum Gasteiger partial charge on any atom is -0.443 e. The van der Waals surface area contributed by atoms with Crippen LogP contribution in [0.1, 0.15) is 44.0 Å². The summed E-state index contributed by atoms with van der Waals surface area (Å²) in [6.45, 7) is 5.64. The number of carbonyl (C=O) groups is 1. The SMILES string of the molecule is C#CC(C)(CCC=C(C)C)OC(=O)c1ccc([N+](=O)[O-])cc1. The zero-order valence-electron chi connectivity index (χ0n) is 13.0. The normalized spacial score (nSPS) is 12.6. The van der Waals surface area contributed by atoms with Crippen LogP contribution < -0.4 is 0 Å². The first-order valence-electron chi connectivity index (χ1n) is 6.86. The van der Waals surface area contributed by atoms with Crippen molar-refractivity contribution in [2.75, 3.05) is 0 Å². The van der Waals surface area contributed by atoms with Gasteiger partial charge in [0.05, 0.1) is 10.5 Å². The molecule has 1 aromatic rings. The minimum atomic E-state index is -1.01. The fraction of sp³-hybridized carbons (Fsp3) is 0.353. The maximum atomic E-state index is 12.1. The third kappa shape index (κ3) is 5.06. The number of nitrogens with zero attached hydrogens (tertiary/aromatic N) is 1. The van der Waals surface area contributed by atoms with Gasteiger partial charge in [-0.3, -0.25) is 10.1 Å². The number of rotatable bonds is 6. The van der Waals surface area contributed by atoms with Crippen molar-refractivity contribution in [1.82, 2.24) is 0 Å². The van der Waals surface area contributed by atoms with Gasteiger partial charge in [0.25, 0.3) is 5.69 Å². The molecule has 0 fully saturated rings.